The van der Waals surface area contributed by atoms with E-state index < -0.39 is 17.3 Å². The van der Waals surface area contributed by atoms with Crippen LogP contribution in [-0.4, -0.2) is 18.0 Å². The van der Waals surface area contributed by atoms with Crippen molar-refractivity contribution < 1.29 is 18.0 Å². The minimum atomic E-state index is -4.41. The van der Waals surface area contributed by atoms with Crippen molar-refractivity contribution in [3.05, 3.63) is 29.3 Å². The van der Waals surface area contributed by atoms with Crippen molar-refractivity contribution in [1.29, 1.82) is 0 Å². The summed E-state index contributed by atoms with van der Waals surface area (Å²) in [4.78, 5) is 12.2. The smallest absolute Gasteiger partial charge is 0.324 e. The van der Waals surface area contributed by atoms with Crippen molar-refractivity contribution in [2.75, 3.05) is 11.9 Å². The largest absolute Gasteiger partial charge is 0.416 e. The summed E-state index contributed by atoms with van der Waals surface area (Å²) in [5.41, 5.74) is -0.656. The number of halogens is 3. The number of carbonyl (C=O) groups is 1. The maximum absolute atomic E-state index is 12.7. The van der Waals surface area contributed by atoms with E-state index in [9.17, 15) is 18.0 Å². The second-order valence-electron chi connectivity index (χ2n) is 5.34. The molecule has 1 unspecified atom stereocenters. The van der Waals surface area contributed by atoms with Crippen molar-refractivity contribution in [3.63, 3.8) is 0 Å². The third kappa shape index (κ3) is 2.95. The number of nitrogens with one attached hydrogen (secondary N) is 2. The molecule has 1 aromatic carbocycles. The Hall–Kier alpha value is -1.56. The molecule has 0 bridgehead atoms. The predicted octanol–water partition coefficient (Wildman–Crippen LogP) is 3.09. The molecule has 1 fully saturated rings. The fourth-order valence-corrected chi connectivity index (χ4v) is 2.28. The number of benzene rings is 1. The van der Waals surface area contributed by atoms with Crippen molar-refractivity contribution in [2.24, 2.45) is 0 Å². The lowest BCUT2D eigenvalue weighted by Gasteiger charge is -2.24. The summed E-state index contributed by atoms with van der Waals surface area (Å²) in [6.07, 6.45) is -2.86. The molecule has 0 spiro atoms. The third-order valence-electron chi connectivity index (χ3n) is 3.68. The van der Waals surface area contributed by atoms with E-state index in [1.54, 1.807) is 13.8 Å². The van der Waals surface area contributed by atoms with Crippen LogP contribution in [0.2, 0.25) is 0 Å². The number of aryl methyl sites for hydroxylation is 1. The molecule has 0 radical (unpaired) electrons. The van der Waals surface area contributed by atoms with E-state index in [2.05, 4.69) is 10.6 Å². The van der Waals surface area contributed by atoms with Crippen molar-refractivity contribution in [3.8, 4) is 0 Å². The summed E-state index contributed by atoms with van der Waals surface area (Å²) < 4.78 is 38.1. The number of carbonyl (C=O) groups excluding carboxylic acids is 1. The maximum atomic E-state index is 12.7. The number of alkyl halides is 3. The minimum absolute atomic E-state index is 0.208. The highest BCUT2D eigenvalue weighted by molar-refractivity contribution is 5.98. The van der Waals surface area contributed by atoms with Gasteiger partial charge < -0.3 is 10.6 Å². The number of amides is 1. The molecule has 1 saturated heterocycles. The summed E-state index contributed by atoms with van der Waals surface area (Å²) in [7, 11) is 0. The fourth-order valence-electron chi connectivity index (χ4n) is 2.28. The molecule has 1 heterocycles. The summed E-state index contributed by atoms with van der Waals surface area (Å²) in [5, 5.41) is 5.69. The Bertz CT molecular complexity index is 520. The molecule has 6 heteroatoms. The average Bonchev–Trinajstić information content (AvgIpc) is 2.79. The zero-order chi connectivity index (χ0) is 15.0. The van der Waals surface area contributed by atoms with Gasteiger partial charge >= 0.3 is 6.18 Å². The molecule has 1 aromatic rings. The average molecular weight is 286 g/mol. The first-order valence-electron chi connectivity index (χ1n) is 6.47. The third-order valence-corrected chi connectivity index (χ3v) is 3.68. The van der Waals surface area contributed by atoms with Gasteiger partial charge in [0.2, 0.25) is 5.91 Å². The molecule has 0 saturated carbocycles. The van der Waals surface area contributed by atoms with Crippen LogP contribution in [0.3, 0.4) is 0 Å². The summed E-state index contributed by atoms with van der Waals surface area (Å²) in [6.45, 7) is 4.17. The minimum Gasteiger partial charge on any atom is -0.324 e. The van der Waals surface area contributed by atoms with Crippen molar-refractivity contribution >= 4 is 11.6 Å². The quantitative estimate of drug-likeness (QED) is 0.877. The molecule has 110 valence electrons. The summed E-state index contributed by atoms with van der Waals surface area (Å²) in [5.74, 6) is -0.294. The van der Waals surface area contributed by atoms with Gasteiger partial charge in [0.05, 0.1) is 11.1 Å². The van der Waals surface area contributed by atoms with Crippen LogP contribution < -0.4 is 10.6 Å². The first-order chi connectivity index (χ1) is 9.22. The highest BCUT2D eigenvalue weighted by atomic mass is 19.4. The number of hydrogen-bond donors (Lipinski definition) is 2. The standard InChI is InChI=1S/C14H17F3N2O/c1-9-4-5-10(14(15,16)17)8-11(9)19-12(20)13(2)6-3-7-18-13/h4-5,8,18H,3,6-7H2,1-2H3,(H,19,20). The number of rotatable bonds is 2. The van der Waals surface area contributed by atoms with Gasteiger partial charge in [-0.3, -0.25) is 4.79 Å². The zero-order valence-corrected chi connectivity index (χ0v) is 11.4. The topological polar surface area (TPSA) is 41.1 Å². The molecule has 1 amide bonds. The predicted molar refractivity (Wildman–Crippen MR) is 70.5 cm³/mol. The Kier molecular flexibility index (Phi) is 3.77. The Labute approximate surface area is 115 Å². The van der Waals surface area contributed by atoms with Gasteiger partial charge in [-0.05, 0) is 50.9 Å². The first-order valence-corrected chi connectivity index (χ1v) is 6.47. The Morgan fingerprint density at radius 1 is 1.40 bits per heavy atom. The molecule has 3 nitrogen and oxygen atoms in total. The van der Waals surface area contributed by atoms with Gasteiger partial charge in [0.15, 0.2) is 0 Å². The number of anilines is 1. The molecular weight excluding hydrogens is 269 g/mol. The summed E-state index contributed by atoms with van der Waals surface area (Å²) >= 11 is 0. The van der Waals surface area contributed by atoms with Crippen LogP contribution in [0.4, 0.5) is 18.9 Å². The SMILES string of the molecule is Cc1ccc(C(F)(F)F)cc1NC(=O)C1(C)CCCN1. The second-order valence-corrected chi connectivity index (χ2v) is 5.34. The Morgan fingerprint density at radius 3 is 2.65 bits per heavy atom. The van der Waals surface area contributed by atoms with Gasteiger partial charge in [0.1, 0.15) is 0 Å². The molecule has 0 aliphatic carbocycles. The molecule has 2 N–H and O–H groups in total. The van der Waals surface area contributed by atoms with Gasteiger partial charge in [-0.1, -0.05) is 6.07 Å². The summed E-state index contributed by atoms with van der Waals surface area (Å²) in [6, 6.07) is 3.36. The fraction of sp³-hybridized carbons (Fsp3) is 0.500. The van der Waals surface area contributed by atoms with E-state index in [1.807, 2.05) is 0 Å². The lowest BCUT2D eigenvalue weighted by Crippen LogP contribution is -2.48. The van der Waals surface area contributed by atoms with E-state index >= 15 is 0 Å². The van der Waals surface area contributed by atoms with Crippen LogP contribution >= 0.6 is 0 Å². The normalized spacial score (nSPS) is 22.9. The Balaban J connectivity index is 2.22. The van der Waals surface area contributed by atoms with Crippen LogP contribution in [-0.2, 0) is 11.0 Å². The highest BCUT2D eigenvalue weighted by Gasteiger charge is 2.36. The second kappa shape index (κ2) is 5.09. The monoisotopic (exact) mass is 286 g/mol. The van der Waals surface area contributed by atoms with Crippen LogP contribution in [0.5, 0.6) is 0 Å². The van der Waals surface area contributed by atoms with E-state index in [-0.39, 0.29) is 11.6 Å². The molecule has 0 aromatic heterocycles. The molecule has 1 aliphatic heterocycles. The van der Waals surface area contributed by atoms with Crippen LogP contribution in [0.1, 0.15) is 30.9 Å². The molecule has 1 atom stereocenters. The maximum Gasteiger partial charge on any atom is 0.416 e. The van der Waals surface area contributed by atoms with Gasteiger partial charge in [-0.15, -0.1) is 0 Å². The zero-order valence-electron chi connectivity index (χ0n) is 11.4. The highest BCUT2D eigenvalue weighted by Crippen LogP contribution is 2.32. The van der Waals surface area contributed by atoms with E-state index in [4.69, 9.17) is 0 Å². The van der Waals surface area contributed by atoms with Gasteiger partial charge in [0, 0.05) is 5.69 Å². The van der Waals surface area contributed by atoms with E-state index in [0.29, 0.717) is 12.0 Å². The van der Waals surface area contributed by atoms with E-state index in [0.717, 1.165) is 25.1 Å². The van der Waals surface area contributed by atoms with E-state index in [1.165, 1.54) is 6.07 Å². The molecule has 20 heavy (non-hydrogen) atoms. The molecule has 2 rings (SSSR count). The Morgan fingerprint density at radius 2 is 2.10 bits per heavy atom. The van der Waals surface area contributed by atoms with Crippen LogP contribution in [0.25, 0.3) is 0 Å². The van der Waals surface area contributed by atoms with Crippen LogP contribution in [0, 0.1) is 6.92 Å². The van der Waals surface area contributed by atoms with Crippen molar-refractivity contribution in [2.45, 2.75) is 38.4 Å². The number of hydrogen-bond acceptors (Lipinski definition) is 2. The molecule has 1 aliphatic rings. The first kappa shape index (κ1) is 14.8. The van der Waals surface area contributed by atoms with Crippen LogP contribution in [0.15, 0.2) is 18.2 Å². The lowest BCUT2D eigenvalue weighted by molar-refractivity contribution is -0.137. The van der Waals surface area contributed by atoms with Gasteiger partial charge in [-0.2, -0.15) is 13.2 Å². The molecular formula is C14H17F3N2O. The lowest BCUT2D eigenvalue weighted by atomic mass is 9.98. The van der Waals surface area contributed by atoms with Gasteiger partial charge in [0.25, 0.3) is 0 Å². The van der Waals surface area contributed by atoms with Gasteiger partial charge in [-0.25, -0.2) is 0 Å². The van der Waals surface area contributed by atoms with Crippen molar-refractivity contribution in [1.82, 2.24) is 5.32 Å².